The first-order valence-corrected chi connectivity index (χ1v) is 12.8. The molecule has 35 heavy (non-hydrogen) atoms. The third-order valence-corrected chi connectivity index (χ3v) is 6.92. The molecule has 2 atom stereocenters. The van der Waals surface area contributed by atoms with E-state index in [9.17, 15) is 14.0 Å². The molecule has 4 nitrogen and oxygen atoms in total. The van der Waals surface area contributed by atoms with Crippen molar-refractivity contribution >= 4 is 33.3 Å². The van der Waals surface area contributed by atoms with Crippen LogP contribution in [0.4, 0.5) is 10.1 Å². The second-order valence-corrected chi connectivity index (χ2v) is 9.86. The van der Waals surface area contributed by atoms with Crippen molar-refractivity contribution in [1.82, 2.24) is 0 Å². The fraction of sp³-hybridized carbons (Fsp3) is 0.310. The molecule has 1 aliphatic heterocycles. The monoisotopic (exact) mass is 537 g/mol. The topological polar surface area (TPSA) is 46.6 Å². The lowest BCUT2D eigenvalue weighted by atomic mass is 9.78. The predicted molar refractivity (Wildman–Crippen MR) is 139 cm³/mol. The highest BCUT2D eigenvalue weighted by Gasteiger charge is 2.49. The summed E-state index contributed by atoms with van der Waals surface area (Å²) < 4.78 is 20.3. The van der Waals surface area contributed by atoms with Gasteiger partial charge in [0.2, 0.25) is 5.91 Å². The van der Waals surface area contributed by atoms with Crippen LogP contribution in [0.1, 0.15) is 60.1 Å². The minimum atomic E-state index is -0.379. The SMILES string of the molecule is CCCCOc1cc(Br)ccc1[C@@H]1[C@@H](CCC(=O)c2ccc(F)cc2)C(=O)N1c1ccc(C)cc1. The van der Waals surface area contributed by atoms with Gasteiger partial charge in [0.05, 0.1) is 18.6 Å². The van der Waals surface area contributed by atoms with Gasteiger partial charge in [-0.15, -0.1) is 0 Å². The number of benzene rings is 3. The van der Waals surface area contributed by atoms with E-state index in [2.05, 4.69) is 22.9 Å². The van der Waals surface area contributed by atoms with Gasteiger partial charge in [0.1, 0.15) is 11.6 Å². The number of rotatable bonds is 10. The summed E-state index contributed by atoms with van der Waals surface area (Å²) in [6.45, 7) is 4.72. The molecule has 0 aromatic heterocycles. The Kier molecular flexibility index (Phi) is 8.01. The Balaban J connectivity index is 1.62. The van der Waals surface area contributed by atoms with Crippen molar-refractivity contribution in [3.05, 3.63) is 93.7 Å². The summed E-state index contributed by atoms with van der Waals surface area (Å²) in [5.74, 6) is -0.0863. The van der Waals surface area contributed by atoms with Crippen LogP contribution in [0.15, 0.2) is 71.2 Å². The lowest BCUT2D eigenvalue weighted by molar-refractivity contribution is -0.130. The maximum Gasteiger partial charge on any atom is 0.233 e. The number of aryl methyl sites for hydroxylation is 1. The quantitative estimate of drug-likeness (QED) is 0.153. The van der Waals surface area contributed by atoms with Crippen molar-refractivity contribution in [2.75, 3.05) is 11.5 Å². The predicted octanol–water partition coefficient (Wildman–Crippen LogP) is 7.44. The largest absolute Gasteiger partial charge is 0.493 e. The molecule has 1 saturated heterocycles. The van der Waals surface area contributed by atoms with Crippen molar-refractivity contribution in [1.29, 1.82) is 0 Å². The molecular formula is C29H29BrFNO3. The fourth-order valence-corrected chi connectivity index (χ4v) is 4.79. The van der Waals surface area contributed by atoms with Crippen molar-refractivity contribution in [3.8, 4) is 5.75 Å². The lowest BCUT2D eigenvalue weighted by Crippen LogP contribution is -2.55. The first kappa shape index (κ1) is 25.1. The first-order valence-electron chi connectivity index (χ1n) is 12.0. The summed E-state index contributed by atoms with van der Waals surface area (Å²) in [5.41, 5.74) is 3.34. The van der Waals surface area contributed by atoms with Crippen LogP contribution < -0.4 is 9.64 Å². The lowest BCUT2D eigenvalue weighted by Gasteiger charge is -2.48. The molecule has 0 radical (unpaired) electrons. The third kappa shape index (κ3) is 5.64. The number of anilines is 1. The Hall–Kier alpha value is -2.99. The first-order chi connectivity index (χ1) is 16.9. The number of ketones is 1. The molecule has 3 aromatic rings. The molecule has 0 bridgehead atoms. The number of ether oxygens (including phenoxy) is 1. The zero-order valence-electron chi connectivity index (χ0n) is 20.0. The Bertz CT molecular complexity index is 1190. The van der Waals surface area contributed by atoms with Gasteiger partial charge in [-0.25, -0.2) is 4.39 Å². The Morgan fingerprint density at radius 3 is 2.46 bits per heavy atom. The second-order valence-electron chi connectivity index (χ2n) is 8.95. The number of Topliss-reactive ketones (excluding diaryl/α,β-unsaturated/α-hetero) is 1. The van der Waals surface area contributed by atoms with Crippen LogP contribution >= 0.6 is 15.9 Å². The smallest absolute Gasteiger partial charge is 0.233 e. The number of unbranched alkanes of at least 4 members (excludes halogenated alkanes) is 1. The normalized spacial score (nSPS) is 17.3. The molecule has 1 aliphatic rings. The molecule has 0 aliphatic carbocycles. The van der Waals surface area contributed by atoms with Crippen LogP contribution in [0.25, 0.3) is 0 Å². The molecule has 6 heteroatoms. The van der Waals surface area contributed by atoms with Gasteiger partial charge in [0.25, 0.3) is 0 Å². The van der Waals surface area contributed by atoms with Crippen molar-refractivity contribution < 1.29 is 18.7 Å². The zero-order chi connectivity index (χ0) is 24.9. The molecule has 1 amide bonds. The van der Waals surface area contributed by atoms with E-state index in [0.717, 1.165) is 39.9 Å². The van der Waals surface area contributed by atoms with E-state index >= 15 is 0 Å². The van der Waals surface area contributed by atoms with Crippen LogP contribution in [0.5, 0.6) is 5.75 Å². The summed E-state index contributed by atoms with van der Waals surface area (Å²) in [6.07, 6.45) is 2.58. The van der Waals surface area contributed by atoms with E-state index in [0.29, 0.717) is 18.6 Å². The minimum absolute atomic E-state index is 0.00631. The molecule has 4 rings (SSSR count). The number of amides is 1. The minimum Gasteiger partial charge on any atom is -0.493 e. The molecule has 3 aromatic carbocycles. The zero-order valence-corrected chi connectivity index (χ0v) is 21.6. The Labute approximate surface area is 214 Å². The average molecular weight is 538 g/mol. The van der Waals surface area contributed by atoms with E-state index in [1.165, 1.54) is 24.3 Å². The van der Waals surface area contributed by atoms with Crippen LogP contribution in [0, 0.1) is 18.7 Å². The van der Waals surface area contributed by atoms with E-state index in [1.807, 2.05) is 54.3 Å². The molecular weight excluding hydrogens is 509 g/mol. The van der Waals surface area contributed by atoms with E-state index in [1.54, 1.807) is 0 Å². The number of nitrogens with zero attached hydrogens (tertiary/aromatic N) is 1. The van der Waals surface area contributed by atoms with Gasteiger partial charge in [-0.2, -0.15) is 0 Å². The molecule has 0 spiro atoms. The summed E-state index contributed by atoms with van der Waals surface area (Å²) in [4.78, 5) is 27.9. The van der Waals surface area contributed by atoms with Gasteiger partial charge in [-0.05, 0) is 68.3 Å². The van der Waals surface area contributed by atoms with Crippen LogP contribution in [0.3, 0.4) is 0 Å². The van der Waals surface area contributed by atoms with Gasteiger partial charge >= 0.3 is 0 Å². The average Bonchev–Trinajstić information content (AvgIpc) is 2.85. The molecule has 182 valence electrons. The van der Waals surface area contributed by atoms with E-state index < -0.39 is 0 Å². The molecule has 1 heterocycles. The highest BCUT2D eigenvalue weighted by Crippen LogP contribution is 2.48. The van der Waals surface area contributed by atoms with Crippen molar-refractivity contribution in [3.63, 3.8) is 0 Å². The standard InChI is InChI=1S/C29H29BrFNO3/c1-3-4-17-35-27-18-21(30)9-14-24(27)28-25(15-16-26(33)20-7-10-22(31)11-8-20)29(34)32(28)23-12-5-19(2)6-13-23/h5-14,18,25,28H,3-4,15-17H2,1-2H3/t25-,28-/m1/s1. The highest BCUT2D eigenvalue weighted by molar-refractivity contribution is 9.10. The molecule has 1 fully saturated rings. The van der Waals surface area contributed by atoms with E-state index in [4.69, 9.17) is 4.74 Å². The Morgan fingerprint density at radius 1 is 1.06 bits per heavy atom. The van der Waals surface area contributed by atoms with Crippen LogP contribution in [0.2, 0.25) is 0 Å². The molecule has 0 N–H and O–H groups in total. The van der Waals surface area contributed by atoms with Crippen LogP contribution in [-0.2, 0) is 4.79 Å². The number of hydrogen-bond acceptors (Lipinski definition) is 3. The number of β-lactam (4-membered cyclic amide) rings is 1. The summed E-state index contributed by atoms with van der Waals surface area (Å²) in [6, 6.07) is 19.1. The van der Waals surface area contributed by atoms with Gasteiger partial charge in [-0.1, -0.05) is 53.0 Å². The summed E-state index contributed by atoms with van der Waals surface area (Å²) in [5, 5.41) is 0. The molecule has 0 saturated carbocycles. The van der Waals surface area contributed by atoms with E-state index in [-0.39, 0.29) is 35.9 Å². The summed E-state index contributed by atoms with van der Waals surface area (Å²) >= 11 is 3.54. The summed E-state index contributed by atoms with van der Waals surface area (Å²) in [7, 11) is 0. The Morgan fingerprint density at radius 2 is 1.77 bits per heavy atom. The number of hydrogen-bond donors (Lipinski definition) is 0. The third-order valence-electron chi connectivity index (χ3n) is 6.42. The maximum absolute atomic E-state index is 13.4. The number of carbonyl (C=O) groups excluding carboxylic acids is 2. The fourth-order valence-electron chi connectivity index (χ4n) is 4.45. The number of halogens is 2. The van der Waals surface area contributed by atoms with Crippen LogP contribution in [-0.4, -0.2) is 18.3 Å². The highest BCUT2D eigenvalue weighted by atomic mass is 79.9. The molecule has 0 unspecified atom stereocenters. The maximum atomic E-state index is 13.4. The second kappa shape index (κ2) is 11.2. The van der Waals surface area contributed by atoms with Gasteiger partial charge in [-0.3, -0.25) is 9.59 Å². The van der Waals surface area contributed by atoms with Gasteiger partial charge in [0.15, 0.2) is 5.78 Å². The van der Waals surface area contributed by atoms with Crippen molar-refractivity contribution in [2.24, 2.45) is 5.92 Å². The van der Waals surface area contributed by atoms with Gasteiger partial charge < -0.3 is 9.64 Å². The van der Waals surface area contributed by atoms with Gasteiger partial charge in [0, 0.05) is 27.7 Å². The number of carbonyl (C=O) groups is 2. The van der Waals surface area contributed by atoms with Crippen molar-refractivity contribution in [2.45, 2.75) is 45.6 Å².